The second-order valence-electron chi connectivity index (χ2n) is 1.47. The highest BCUT2D eigenvalue weighted by Gasteiger charge is 1.94. The van der Waals surface area contributed by atoms with Crippen molar-refractivity contribution in [3.05, 3.63) is 12.3 Å². The van der Waals surface area contributed by atoms with Crippen LogP contribution in [0, 0.1) is 0 Å². The van der Waals surface area contributed by atoms with E-state index in [1.807, 2.05) is 6.92 Å². The highest BCUT2D eigenvalue weighted by atomic mass is 16.5. The van der Waals surface area contributed by atoms with E-state index >= 15 is 0 Å². The lowest BCUT2D eigenvalue weighted by molar-refractivity contribution is 0.114. The Bertz CT molecular complexity index is 150. The van der Waals surface area contributed by atoms with Crippen LogP contribution in [0.2, 0.25) is 0 Å². The first kappa shape index (κ1) is 6.22. The maximum absolute atomic E-state index is 4.98. The maximum atomic E-state index is 4.98. The number of rotatable bonds is 3. The molecule has 0 aromatic carbocycles. The molecule has 1 aromatic rings. The summed E-state index contributed by atoms with van der Waals surface area (Å²) in [5.74, 6) is 0.525. The van der Waals surface area contributed by atoms with E-state index in [0.29, 0.717) is 19.1 Å². The van der Waals surface area contributed by atoms with E-state index in [0.717, 1.165) is 0 Å². The Labute approximate surface area is 52.8 Å². The molecular formula is C5H8N2O2. The van der Waals surface area contributed by atoms with E-state index in [9.17, 15) is 0 Å². The third-order valence-electron chi connectivity index (χ3n) is 0.835. The monoisotopic (exact) mass is 128 g/mol. The van der Waals surface area contributed by atoms with Gasteiger partial charge >= 0.3 is 0 Å². The molecule has 0 amide bonds. The Hall–Kier alpha value is -0.900. The molecule has 0 aliphatic heterocycles. The van der Waals surface area contributed by atoms with E-state index in [2.05, 4.69) is 10.2 Å². The molecule has 9 heavy (non-hydrogen) atoms. The first-order valence-corrected chi connectivity index (χ1v) is 2.76. The summed E-state index contributed by atoms with van der Waals surface area (Å²) >= 11 is 0. The number of aromatic nitrogens is 2. The van der Waals surface area contributed by atoms with Crippen LogP contribution in [-0.4, -0.2) is 16.8 Å². The molecule has 4 heteroatoms. The number of hydrogen-bond acceptors (Lipinski definition) is 4. The molecule has 0 aliphatic rings. The van der Waals surface area contributed by atoms with Gasteiger partial charge in [-0.2, -0.15) is 0 Å². The summed E-state index contributed by atoms with van der Waals surface area (Å²) in [6, 6.07) is 0. The summed E-state index contributed by atoms with van der Waals surface area (Å²) in [6.45, 7) is 3.00. The molecule has 0 saturated heterocycles. The van der Waals surface area contributed by atoms with Gasteiger partial charge in [0, 0.05) is 6.61 Å². The first-order valence-electron chi connectivity index (χ1n) is 2.76. The minimum Gasteiger partial charge on any atom is -0.425 e. The molecule has 0 aliphatic carbocycles. The van der Waals surface area contributed by atoms with Crippen molar-refractivity contribution in [2.45, 2.75) is 13.5 Å². The van der Waals surface area contributed by atoms with Crippen molar-refractivity contribution in [1.29, 1.82) is 0 Å². The largest absolute Gasteiger partial charge is 0.425 e. The topological polar surface area (TPSA) is 48.2 Å². The average Bonchev–Trinajstić information content (AvgIpc) is 2.34. The van der Waals surface area contributed by atoms with Gasteiger partial charge in [-0.1, -0.05) is 0 Å². The molecule has 4 nitrogen and oxygen atoms in total. The molecule has 0 fully saturated rings. The molecule has 0 saturated carbocycles. The van der Waals surface area contributed by atoms with Gasteiger partial charge in [-0.15, -0.1) is 10.2 Å². The van der Waals surface area contributed by atoms with Crippen molar-refractivity contribution in [2.24, 2.45) is 0 Å². The zero-order valence-corrected chi connectivity index (χ0v) is 5.20. The van der Waals surface area contributed by atoms with Gasteiger partial charge in [0.2, 0.25) is 12.3 Å². The van der Waals surface area contributed by atoms with Gasteiger partial charge in [-0.3, -0.25) is 0 Å². The van der Waals surface area contributed by atoms with Gasteiger partial charge in [-0.25, -0.2) is 0 Å². The molecule has 1 rings (SSSR count). The van der Waals surface area contributed by atoms with Crippen LogP contribution in [0.15, 0.2) is 10.8 Å². The van der Waals surface area contributed by atoms with E-state index < -0.39 is 0 Å². The number of ether oxygens (including phenoxy) is 1. The van der Waals surface area contributed by atoms with E-state index in [-0.39, 0.29) is 0 Å². The van der Waals surface area contributed by atoms with E-state index in [4.69, 9.17) is 9.15 Å². The molecule has 0 unspecified atom stereocenters. The Balaban J connectivity index is 2.30. The maximum Gasteiger partial charge on any atom is 0.241 e. The van der Waals surface area contributed by atoms with Gasteiger partial charge in [0.25, 0.3) is 0 Å². The molecule has 0 spiro atoms. The quantitative estimate of drug-likeness (QED) is 0.598. The first-order chi connectivity index (χ1) is 4.43. The van der Waals surface area contributed by atoms with Crippen LogP contribution in [0.4, 0.5) is 0 Å². The minimum atomic E-state index is 0.413. The summed E-state index contributed by atoms with van der Waals surface area (Å²) in [5.41, 5.74) is 0. The normalized spacial score (nSPS) is 9.89. The van der Waals surface area contributed by atoms with Crippen LogP contribution in [0.5, 0.6) is 0 Å². The fraction of sp³-hybridized carbons (Fsp3) is 0.600. The molecule has 0 N–H and O–H groups in total. The van der Waals surface area contributed by atoms with Crippen LogP contribution in [0.25, 0.3) is 0 Å². The molecule has 50 valence electrons. The van der Waals surface area contributed by atoms with E-state index in [1.54, 1.807) is 0 Å². The van der Waals surface area contributed by atoms with Gasteiger partial charge in [0.05, 0.1) is 0 Å². The fourth-order valence-electron chi connectivity index (χ4n) is 0.448. The molecule has 1 aromatic heterocycles. The minimum absolute atomic E-state index is 0.413. The van der Waals surface area contributed by atoms with Crippen LogP contribution in [-0.2, 0) is 11.3 Å². The fourth-order valence-corrected chi connectivity index (χ4v) is 0.448. The zero-order chi connectivity index (χ0) is 6.53. The third-order valence-corrected chi connectivity index (χ3v) is 0.835. The van der Waals surface area contributed by atoms with Gasteiger partial charge in [0.15, 0.2) is 0 Å². The highest BCUT2D eigenvalue weighted by molar-refractivity contribution is 4.66. The van der Waals surface area contributed by atoms with Crippen molar-refractivity contribution in [2.75, 3.05) is 6.61 Å². The zero-order valence-electron chi connectivity index (χ0n) is 5.20. The summed E-state index contributed by atoms with van der Waals surface area (Å²) in [7, 11) is 0. The lowest BCUT2D eigenvalue weighted by Crippen LogP contribution is -1.91. The SMILES string of the molecule is CCOCc1nnco1. The van der Waals surface area contributed by atoms with Crippen molar-refractivity contribution in [1.82, 2.24) is 10.2 Å². The van der Waals surface area contributed by atoms with Gasteiger partial charge in [-0.05, 0) is 6.92 Å². The summed E-state index contributed by atoms with van der Waals surface area (Å²) in [5, 5.41) is 7.09. The smallest absolute Gasteiger partial charge is 0.241 e. The Morgan fingerprint density at radius 3 is 3.22 bits per heavy atom. The molecule has 0 atom stereocenters. The van der Waals surface area contributed by atoms with Crippen molar-refractivity contribution in [3.63, 3.8) is 0 Å². The van der Waals surface area contributed by atoms with Crippen LogP contribution in [0.1, 0.15) is 12.8 Å². The van der Waals surface area contributed by atoms with Crippen LogP contribution < -0.4 is 0 Å². The number of hydrogen-bond donors (Lipinski definition) is 0. The Kier molecular flexibility index (Phi) is 2.21. The predicted octanol–water partition coefficient (Wildman–Crippen LogP) is 0.606. The summed E-state index contributed by atoms with van der Waals surface area (Å²) < 4.78 is 9.77. The van der Waals surface area contributed by atoms with Gasteiger partial charge < -0.3 is 9.15 Å². The van der Waals surface area contributed by atoms with Crippen molar-refractivity contribution < 1.29 is 9.15 Å². The second-order valence-corrected chi connectivity index (χ2v) is 1.47. The lowest BCUT2D eigenvalue weighted by Gasteiger charge is -1.91. The second kappa shape index (κ2) is 3.19. The highest BCUT2D eigenvalue weighted by Crippen LogP contribution is 1.92. The Morgan fingerprint density at radius 1 is 1.78 bits per heavy atom. The predicted molar refractivity (Wildman–Crippen MR) is 29.6 cm³/mol. The third kappa shape index (κ3) is 1.81. The Morgan fingerprint density at radius 2 is 2.67 bits per heavy atom. The van der Waals surface area contributed by atoms with Crippen molar-refractivity contribution in [3.8, 4) is 0 Å². The lowest BCUT2D eigenvalue weighted by atomic mass is 10.7. The van der Waals surface area contributed by atoms with Crippen LogP contribution in [0.3, 0.4) is 0 Å². The molecule has 0 radical (unpaired) electrons. The summed E-state index contributed by atoms with van der Waals surface area (Å²) in [4.78, 5) is 0. The molecule has 0 bridgehead atoms. The molecular weight excluding hydrogens is 120 g/mol. The van der Waals surface area contributed by atoms with Crippen molar-refractivity contribution >= 4 is 0 Å². The van der Waals surface area contributed by atoms with Gasteiger partial charge in [0.1, 0.15) is 6.61 Å². The van der Waals surface area contributed by atoms with Crippen LogP contribution >= 0.6 is 0 Å². The molecule has 1 heterocycles. The summed E-state index contributed by atoms with van der Waals surface area (Å²) in [6.07, 6.45) is 1.29. The number of nitrogens with zero attached hydrogens (tertiary/aromatic N) is 2. The average molecular weight is 128 g/mol. The van der Waals surface area contributed by atoms with E-state index in [1.165, 1.54) is 6.39 Å². The standard InChI is InChI=1S/C5H8N2O2/c1-2-8-3-5-7-6-4-9-5/h4H,2-3H2,1H3.